The van der Waals surface area contributed by atoms with Crippen LogP contribution in [0.25, 0.3) is 0 Å². The number of nitrogens with one attached hydrogen (secondary N) is 1. The molecule has 146 valence electrons. The fourth-order valence-electron chi connectivity index (χ4n) is 2.74. The highest BCUT2D eigenvalue weighted by Crippen LogP contribution is 2.24. The standard InChI is InChI=1S/C19H27N5O3/c1-14-10-19(27-15(14)2)23-21-13-16-11-17(24-5-8-25-9-6-24)12-18(22-16)26-7-4-20-3/h10-12,20H,4-9,13H2,1-3H3. The Labute approximate surface area is 159 Å². The van der Waals surface area contributed by atoms with Crippen molar-refractivity contribution in [3.8, 4) is 5.88 Å². The highest BCUT2D eigenvalue weighted by molar-refractivity contribution is 5.50. The van der Waals surface area contributed by atoms with Crippen molar-refractivity contribution >= 4 is 11.6 Å². The van der Waals surface area contributed by atoms with E-state index in [0.717, 1.165) is 55.6 Å². The van der Waals surface area contributed by atoms with Gasteiger partial charge in [0, 0.05) is 37.5 Å². The molecule has 0 unspecified atom stereocenters. The van der Waals surface area contributed by atoms with Crippen LogP contribution in [0.1, 0.15) is 17.0 Å². The first-order valence-electron chi connectivity index (χ1n) is 9.21. The van der Waals surface area contributed by atoms with Crippen molar-refractivity contribution in [1.29, 1.82) is 0 Å². The molecule has 0 atom stereocenters. The number of rotatable bonds is 8. The van der Waals surface area contributed by atoms with Crippen LogP contribution in [0.3, 0.4) is 0 Å². The first kappa shape index (κ1) is 19.3. The summed E-state index contributed by atoms with van der Waals surface area (Å²) in [5, 5.41) is 11.5. The van der Waals surface area contributed by atoms with E-state index in [9.17, 15) is 0 Å². The van der Waals surface area contributed by atoms with E-state index in [2.05, 4.69) is 25.4 Å². The number of aryl methyl sites for hydroxylation is 2. The number of hydrogen-bond donors (Lipinski definition) is 1. The maximum Gasteiger partial charge on any atom is 0.238 e. The van der Waals surface area contributed by atoms with Gasteiger partial charge in [0.05, 0.1) is 18.9 Å². The Morgan fingerprint density at radius 3 is 2.74 bits per heavy atom. The van der Waals surface area contributed by atoms with Gasteiger partial charge in [0.1, 0.15) is 18.9 Å². The highest BCUT2D eigenvalue weighted by Gasteiger charge is 2.14. The summed E-state index contributed by atoms with van der Waals surface area (Å²) in [5.41, 5.74) is 2.95. The van der Waals surface area contributed by atoms with Crippen molar-refractivity contribution in [3.63, 3.8) is 0 Å². The Morgan fingerprint density at radius 1 is 1.22 bits per heavy atom. The smallest absolute Gasteiger partial charge is 0.238 e. The predicted octanol–water partition coefficient (Wildman–Crippen LogP) is 3.01. The number of pyridine rings is 1. The summed E-state index contributed by atoms with van der Waals surface area (Å²) >= 11 is 0. The molecule has 8 nitrogen and oxygen atoms in total. The SMILES string of the molecule is CNCCOc1cc(N2CCOCC2)cc(CN=Nc2cc(C)c(C)o2)n1. The van der Waals surface area contributed by atoms with Crippen LogP contribution in [-0.4, -0.2) is 51.5 Å². The van der Waals surface area contributed by atoms with Gasteiger partial charge in [0.2, 0.25) is 11.8 Å². The molecule has 0 bridgehead atoms. The minimum atomic E-state index is 0.360. The number of likely N-dealkylation sites (N-methyl/N-ethyl adjacent to an activating group) is 1. The molecule has 0 aromatic carbocycles. The van der Waals surface area contributed by atoms with Gasteiger partial charge in [-0.25, -0.2) is 4.98 Å². The lowest BCUT2D eigenvalue weighted by Crippen LogP contribution is -2.36. The van der Waals surface area contributed by atoms with Gasteiger partial charge in [-0.3, -0.25) is 0 Å². The normalized spacial score (nSPS) is 14.9. The third-order valence-electron chi connectivity index (χ3n) is 4.37. The molecule has 0 spiro atoms. The number of aromatic nitrogens is 1. The number of ether oxygens (including phenoxy) is 2. The first-order valence-corrected chi connectivity index (χ1v) is 9.21. The van der Waals surface area contributed by atoms with Crippen LogP contribution in [0.4, 0.5) is 11.6 Å². The lowest BCUT2D eigenvalue weighted by molar-refractivity contribution is 0.122. The summed E-state index contributed by atoms with van der Waals surface area (Å²) in [6.07, 6.45) is 0. The maximum absolute atomic E-state index is 5.78. The van der Waals surface area contributed by atoms with Gasteiger partial charge >= 0.3 is 0 Å². The van der Waals surface area contributed by atoms with Crippen molar-refractivity contribution in [2.45, 2.75) is 20.4 Å². The van der Waals surface area contributed by atoms with E-state index in [1.54, 1.807) is 0 Å². The van der Waals surface area contributed by atoms with Gasteiger partial charge in [-0.2, -0.15) is 5.11 Å². The summed E-state index contributed by atoms with van der Waals surface area (Å²) in [7, 11) is 1.89. The van der Waals surface area contributed by atoms with Crippen LogP contribution in [0, 0.1) is 13.8 Å². The summed E-state index contributed by atoms with van der Waals surface area (Å²) in [5.74, 6) is 1.97. The van der Waals surface area contributed by atoms with E-state index in [-0.39, 0.29) is 0 Å². The molecule has 0 radical (unpaired) electrons. The van der Waals surface area contributed by atoms with E-state index in [4.69, 9.17) is 13.9 Å². The van der Waals surface area contributed by atoms with Crippen LogP contribution in [0.5, 0.6) is 5.88 Å². The Morgan fingerprint density at radius 2 is 2.04 bits per heavy atom. The number of anilines is 1. The number of azo groups is 1. The Bertz CT molecular complexity index is 749. The second kappa shape index (κ2) is 9.48. The van der Waals surface area contributed by atoms with Crippen molar-refractivity contribution in [1.82, 2.24) is 10.3 Å². The van der Waals surface area contributed by atoms with E-state index >= 15 is 0 Å². The van der Waals surface area contributed by atoms with Crippen LogP contribution in [0.2, 0.25) is 0 Å². The number of morpholine rings is 1. The largest absolute Gasteiger partial charge is 0.476 e. The van der Waals surface area contributed by atoms with E-state index in [1.165, 1.54) is 0 Å². The summed E-state index contributed by atoms with van der Waals surface area (Å²) < 4.78 is 16.8. The van der Waals surface area contributed by atoms with Crippen LogP contribution < -0.4 is 15.0 Å². The molecular formula is C19H27N5O3. The maximum atomic E-state index is 5.78. The van der Waals surface area contributed by atoms with E-state index in [1.807, 2.05) is 39.1 Å². The average molecular weight is 373 g/mol. The second-order valence-corrected chi connectivity index (χ2v) is 6.43. The summed E-state index contributed by atoms with van der Waals surface area (Å²) in [4.78, 5) is 6.84. The molecule has 0 saturated carbocycles. The number of hydrogen-bond acceptors (Lipinski definition) is 8. The molecule has 3 rings (SSSR count). The third kappa shape index (κ3) is 5.51. The predicted molar refractivity (Wildman–Crippen MR) is 103 cm³/mol. The molecule has 0 amide bonds. The van der Waals surface area contributed by atoms with Gasteiger partial charge in [-0.15, -0.1) is 5.11 Å². The minimum Gasteiger partial charge on any atom is -0.476 e. The fraction of sp³-hybridized carbons (Fsp3) is 0.526. The van der Waals surface area contributed by atoms with Crippen LogP contribution in [-0.2, 0) is 11.3 Å². The molecule has 2 aromatic rings. The Balaban J connectivity index is 1.73. The van der Waals surface area contributed by atoms with Gasteiger partial charge in [-0.1, -0.05) is 0 Å². The zero-order chi connectivity index (χ0) is 19.1. The summed E-state index contributed by atoms with van der Waals surface area (Å²) in [6.45, 7) is 8.74. The molecule has 1 fully saturated rings. The second-order valence-electron chi connectivity index (χ2n) is 6.43. The molecule has 1 N–H and O–H groups in total. The van der Waals surface area contributed by atoms with Crippen molar-refractivity contribution < 1.29 is 13.9 Å². The lowest BCUT2D eigenvalue weighted by Gasteiger charge is -2.29. The monoisotopic (exact) mass is 373 g/mol. The summed E-state index contributed by atoms with van der Waals surface area (Å²) in [6, 6.07) is 5.89. The van der Waals surface area contributed by atoms with Gasteiger partial charge < -0.3 is 24.1 Å². The Kier molecular flexibility index (Phi) is 6.78. The first-order chi connectivity index (χ1) is 13.2. The lowest BCUT2D eigenvalue weighted by atomic mass is 10.2. The molecule has 1 aliphatic rings. The van der Waals surface area contributed by atoms with Crippen LogP contribution >= 0.6 is 0 Å². The third-order valence-corrected chi connectivity index (χ3v) is 4.37. The Hall–Kier alpha value is -2.45. The van der Waals surface area contributed by atoms with Gasteiger partial charge in [-0.05, 0) is 32.5 Å². The highest BCUT2D eigenvalue weighted by atomic mass is 16.5. The molecule has 1 saturated heterocycles. The quantitative estimate of drug-likeness (QED) is 0.566. The minimum absolute atomic E-state index is 0.360. The zero-order valence-corrected chi connectivity index (χ0v) is 16.2. The molecule has 0 aliphatic carbocycles. The van der Waals surface area contributed by atoms with Crippen molar-refractivity contribution in [3.05, 3.63) is 35.2 Å². The topological polar surface area (TPSA) is 84.5 Å². The fourth-order valence-corrected chi connectivity index (χ4v) is 2.74. The van der Waals surface area contributed by atoms with E-state index < -0.39 is 0 Å². The van der Waals surface area contributed by atoms with Crippen LogP contribution in [0.15, 0.2) is 32.8 Å². The molecule has 1 aliphatic heterocycles. The van der Waals surface area contributed by atoms with E-state index in [0.29, 0.717) is 24.9 Å². The number of nitrogens with zero attached hydrogens (tertiary/aromatic N) is 4. The van der Waals surface area contributed by atoms with Gasteiger partial charge in [0.15, 0.2) is 0 Å². The number of furan rings is 1. The average Bonchev–Trinajstić information content (AvgIpc) is 3.00. The molecule has 2 aromatic heterocycles. The van der Waals surface area contributed by atoms with Crippen molar-refractivity contribution in [2.75, 3.05) is 51.4 Å². The van der Waals surface area contributed by atoms with Crippen molar-refractivity contribution in [2.24, 2.45) is 10.2 Å². The molecule has 3 heterocycles. The van der Waals surface area contributed by atoms with Gasteiger partial charge in [0.25, 0.3) is 0 Å². The molecule has 8 heteroatoms. The molecular weight excluding hydrogens is 346 g/mol. The molecule has 27 heavy (non-hydrogen) atoms. The zero-order valence-electron chi connectivity index (χ0n) is 16.2.